The summed E-state index contributed by atoms with van der Waals surface area (Å²) in [4.78, 5) is 18.0. The molecular weight excluding hydrogens is 459 g/mol. The Morgan fingerprint density at radius 3 is 2.50 bits per heavy atom. The summed E-state index contributed by atoms with van der Waals surface area (Å²) in [6.45, 7) is 4.27. The van der Waals surface area contributed by atoms with Crippen molar-refractivity contribution in [1.29, 1.82) is 0 Å². The highest BCUT2D eigenvalue weighted by molar-refractivity contribution is 8.01. The molecule has 0 spiro atoms. The third kappa shape index (κ3) is 7.04. The lowest BCUT2D eigenvalue weighted by molar-refractivity contribution is -0.184. The number of carbonyl (C=O) groups is 1. The maximum absolute atomic E-state index is 13.1. The van der Waals surface area contributed by atoms with Crippen LogP contribution in [0.5, 0.6) is 0 Å². The van der Waals surface area contributed by atoms with Crippen molar-refractivity contribution in [1.82, 2.24) is 9.88 Å². The lowest BCUT2D eigenvalue weighted by Gasteiger charge is -2.45. The summed E-state index contributed by atoms with van der Waals surface area (Å²) >= 11 is 3.03. The zero-order valence-electron chi connectivity index (χ0n) is 18.5. The number of rotatable bonds is 9. The lowest BCUT2D eigenvalue weighted by Crippen LogP contribution is -2.47. The molecule has 3 rings (SSSR count). The molecule has 0 bridgehead atoms. The van der Waals surface area contributed by atoms with Gasteiger partial charge in [0.1, 0.15) is 5.82 Å². The third-order valence-corrected chi connectivity index (χ3v) is 8.46. The van der Waals surface area contributed by atoms with Crippen molar-refractivity contribution in [2.75, 3.05) is 18.2 Å². The van der Waals surface area contributed by atoms with Crippen LogP contribution in [-0.4, -0.2) is 47.0 Å². The summed E-state index contributed by atoms with van der Waals surface area (Å²) in [6, 6.07) is 0.385. The van der Waals surface area contributed by atoms with Gasteiger partial charge in [-0.3, -0.25) is 4.79 Å². The number of methoxy groups -OCH3 is 1. The van der Waals surface area contributed by atoms with Crippen molar-refractivity contribution >= 4 is 34.2 Å². The van der Waals surface area contributed by atoms with Crippen molar-refractivity contribution in [3.8, 4) is 0 Å². The van der Waals surface area contributed by atoms with E-state index in [2.05, 4.69) is 26.5 Å². The van der Waals surface area contributed by atoms with Crippen LogP contribution in [0.1, 0.15) is 64.2 Å². The minimum atomic E-state index is -4.10. The number of hydrogen-bond donors (Lipinski definition) is 1. The first-order valence-electron chi connectivity index (χ1n) is 11.2. The molecule has 1 N–H and O–H groups in total. The van der Waals surface area contributed by atoms with Gasteiger partial charge in [-0.15, -0.1) is 11.8 Å². The summed E-state index contributed by atoms with van der Waals surface area (Å²) in [5.74, 6) is -0.0760. The summed E-state index contributed by atoms with van der Waals surface area (Å²) in [5, 5.41) is 4.03. The van der Waals surface area contributed by atoms with Gasteiger partial charge >= 0.3 is 12.1 Å². The van der Waals surface area contributed by atoms with Crippen LogP contribution in [0.15, 0.2) is 22.8 Å². The van der Waals surface area contributed by atoms with Gasteiger partial charge in [-0.05, 0) is 38.5 Å². The predicted octanol–water partition coefficient (Wildman–Crippen LogP) is 6.44. The fourth-order valence-corrected chi connectivity index (χ4v) is 6.58. The van der Waals surface area contributed by atoms with E-state index >= 15 is 0 Å². The molecule has 0 aromatic carbocycles. The second-order valence-corrected chi connectivity index (χ2v) is 10.9. The highest BCUT2D eigenvalue weighted by atomic mass is 32.2. The molecule has 1 aromatic rings. The number of thioether (sulfide) groups is 1. The molecule has 1 aromatic heterocycles. The van der Waals surface area contributed by atoms with Gasteiger partial charge in [0.05, 0.1) is 29.9 Å². The largest absolute Gasteiger partial charge is 0.469 e. The number of thiazole rings is 1. The number of nitrogens with one attached hydrogen (secondary N) is 1. The Kier molecular flexibility index (Phi) is 9.16. The van der Waals surface area contributed by atoms with E-state index in [0.717, 1.165) is 35.7 Å². The first kappa shape index (κ1) is 25.2. The first-order chi connectivity index (χ1) is 15.3. The van der Waals surface area contributed by atoms with Crippen molar-refractivity contribution in [2.45, 2.75) is 86.7 Å². The number of halogens is 3. The van der Waals surface area contributed by atoms with Crippen LogP contribution >= 0.6 is 23.1 Å². The van der Waals surface area contributed by atoms with Crippen LogP contribution in [0.3, 0.4) is 0 Å². The summed E-state index contributed by atoms with van der Waals surface area (Å²) in [6.07, 6.45) is 5.04. The molecule has 10 heteroatoms. The lowest BCUT2D eigenvalue weighted by atomic mass is 9.83. The first-order valence-corrected chi connectivity index (χ1v) is 13.0. The normalized spacial score (nSPS) is 22.4. The van der Waals surface area contributed by atoms with Crippen molar-refractivity contribution < 1.29 is 22.7 Å². The number of ether oxygens (including phenoxy) is 1. The van der Waals surface area contributed by atoms with E-state index in [-0.39, 0.29) is 24.9 Å². The zero-order chi connectivity index (χ0) is 23.1. The van der Waals surface area contributed by atoms with Gasteiger partial charge in [0, 0.05) is 17.8 Å². The summed E-state index contributed by atoms with van der Waals surface area (Å²) in [5.41, 5.74) is 0. The highest BCUT2D eigenvalue weighted by Gasteiger charge is 2.43. The Morgan fingerprint density at radius 2 is 1.88 bits per heavy atom. The molecule has 2 saturated carbocycles. The van der Waals surface area contributed by atoms with Crippen LogP contribution in [0.4, 0.5) is 18.3 Å². The number of aromatic nitrogens is 1. The van der Waals surface area contributed by atoms with E-state index in [4.69, 9.17) is 0 Å². The molecule has 180 valence electrons. The zero-order valence-corrected chi connectivity index (χ0v) is 20.1. The van der Waals surface area contributed by atoms with E-state index in [0.29, 0.717) is 36.2 Å². The molecule has 0 atom stereocenters. The van der Waals surface area contributed by atoms with E-state index in [1.807, 2.05) is 0 Å². The molecule has 0 amide bonds. The molecule has 5 nitrogen and oxygen atoms in total. The molecule has 2 aliphatic rings. The SMILES string of the molecule is C=C(Nc1ncc(SCCC(=O)OC)s1)N(C1CCCCC1)C1CCC(C(F)(F)F)CC1. The van der Waals surface area contributed by atoms with Gasteiger partial charge in [-0.2, -0.15) is 13.2 Å². The van der Waals surface area contributed by atoms with E-state index < -0.39 is 12.1 Å². The number of anilines is 1. The van der Waals surface area contributed by atoms with Gasteiger partial charge in [-0.1, -0.05) is 37.2 Å². The quantitative estimate of drug-likeness (QED) is 0.317. The predicted molar refractivity (Wildman–Crippen MR) is 123 cm³/mol. The van der Waals surface area contributed by atoms with Gasteiger partial charge < -0.3 is 15.0 Å². The fourth-order valence-electron chi connectivity index (χ4n) is 4.69. The van der Waals surface area contributed by atoms with Crippen LogP contribution < -0.4 is 5.32 Å². The average molecular weight is 492 g/mol. The van der Waals surface area contributed by atoms with Crippen molar-refractivity contribution in [3.05, 3.63) is 18.6 Å². The number of carbonyl (C=O) groups excluding carboxylic acids is 1. The van der Waals surface area contributed by atoms with Crippen LogP contribution in [0.2, 0.25) is 0 Å². The van der Waals surface area contributed by atoms with E-state index in [9.17, 15) is 18.0 Å². The molecule has 0 saturated heterocycles. The molecule has 0 aliphatic heterocycles. The number of hydrogen-bond acceptors (Lipinski definition) is 7. The smallest absolute Gasteiger partial charge is 0.391 e. The van der Waals surface area contributed by atoms with Crippen LogP contribution in [-0.2, 0) is 9.53 Å². The summed E-state index contributed by atoms with van der Waals surface area (Å²) in [7, 11) is 1.38. The molecule has 2 fully saturated rings. The topological polar surface area (TPSA) is 54.5 Å². The monoisotopic (exact) mass is 491 g/mol. The Labute approximate surface area is 196 Å². The second kappa shape index (κ2) is 11.6. The maximum Gasteiger partial charge on any atom is 0.391 e. The summed E-state index contributed by atoms with van der Waals surface area (Å²) < 4.78 is 45.1. The highest BCUT2D eigenvalue weighted by Crippen LogP contribution is 2.41. The standard InChI is InChI=1S/C22H32F3N3O2S2/c1-15(27-21-26-14-20(32-21)31-13-12-19(29)30-2)28(17-6-4-3-5-7-17)18-10-8-16(9-11-18)22(23,24)25/h14,16-18H,1,3-13H2,2H3,(H,26,27). The van der Waals surface area contributed by atoms with E-state index in [1.54, 1.807) is 18.0 Å². The second-order valence-electron chi connectivity index (χ2n) is 8.48. The number of alkyl halides is 3. The van der Waals surface area contributed by atoms with Gasteiger partial charge in [0.25, 0.3) is 0 Å². The molecule has 0 radical (unpaired) electrons. The van der Waals surface area contributed by atoms with Crippen LogP contribution in [0.25, 0.3) is 0 Å². The van der Waals surface area contributed by atoms with Gasteiger partial charge in [0.2, 0.25) is 0 Å². The van der Waals surface area contributed by atoms with E-state index in [1.165, 1.54) is 24.9 Å². The number of nitrogens with zero attached hydrogens (tertiary/aromatic N) is 2. The van der Waals surface area contributed by atoms with Crippen LogP contribution in [0, 0.1) is 5.92 Å². The minimum absolute atomic E-state index is 0.0746. The number of esters is 1. The molecule has 0 unspecified atom stereocenters. The Bertz CT molecular complexity index is 758. The molecule has 32 heavy (non-hydrogen) atoms. The molecule has 2 aliphatic carbocycles. The molecule has 1 heterocycles. The Balaban J connectivity index is 1.61. The van der Waals surface area contributed by atoms with Crippen molar-refractivity contribution in [3.63, 3.8) is 0 Å². The van der Waals surface area contributed by atoms with Gasteiger partial charge in [-0.25, -0.2) is 4.98 Å². The average Bonchev–Trinajstić information content (AvgIpc) is 3.21. The third-order valence-electron chi connectivity index (χ3n) is 6.35. The van der Waals surface area contributed by atoms with Gasteiger partial charge in [0.15, 0.2) is 5.13 Å². The maximum atomic E-state index is 13.1. The minimum Gasteiger partial charge on any atom is -0.469 e. The Morgan fingerprint density at radius 1 is 1.22 bits per heavy atom. The van der Waals surface area contributed by atoms with Crippen molar-refractivity contribution in [2.24, 2.45) is 5.92 Å². The molecular formula is C22H32F3N3O2S2. The fraction of sp³-hybridized carbons (Fsp3) is 0.727. The Hall–Kier alpha value is -1.42.